The van der Waals surface area contributed by atoms with Crippen LogP contribution in [0.2, 0.25) is 0 Å². The lowest BCUT2D eigenvalue weighted by molar-refractivity contribution is 0.0779. The Morgan fingerprint density at radius 1 is 1.53 bits per heavy atom. The fourth-order valence-electron chi connectivity index (χ4n) is 3.26. The van der Waals surface area contributed by atoms with Crippen LogP contribution in [0.15, 0.2) is 30.7 Å². The van der Waals surface area contributed by atoms with Gasteiger partial charge in [-0.05, 0) is 37.0 Å². The summed E-state index contributed by atoms with van der Waals surface area (Å²) >= 11 is 0. The summed E-state index contributed by atoms with van der Waals surface area (Å²) in [6, 6.07) is 5.75. The van der Waals surface area contributed by atoms with E-state index in [-0.39, 0.29) is 11.4 Å². The van der Waals surface area contributed by atoms with Crippen LogP contribution in [-0.2, 0) is 0 Å². The van der Waals surface area contributed by atoms with Crippen molar-refractivity contribution in [3.63, 3.8) is 0 Å². The fraction of sp³-hybridized carbons (Fsp3) is 0.429. The van der Waals surface area contributed by atoms with Gasteiger partial charge in [-0.1, -0.05) is 0 Å². The van der Waals surface area contributed by atoms with Crippen molar-refractivity contribution in [1.29, 1.82) is 0 Å². The van der Waals surface area contributed by atoms with Crippen molar-refractivity contribution in [3.05, 3.63) is 36.4 Å². The van der Waals surface area contributed by atoms with E-state index in [0.717, 1.165) is 24.9 Å². The second-order valence-electron chi connectivity index (χ2n) is 5.77. The molecule has 2 aromatic heterocycles. The molecule has 1 saturated carbocycles. The summed E-state index contributed by atoms with van der Waals surface area (Å²) in [5, 5.41) is 0. The zero-order valence-corrected chi connectivity index (χ0v) is 10.6. The number of carbonyl (C=O) groups excluding carboxylic acids is 1. The summed E-state index contributed by atoms with van der Waals surface area (Å²) in [5.74, 6) is 0.483. The maximum Gasteiger partial charge on any atom is 0.272 e. The van der Waals surface area contributed by atoms with Gasteiger partial charge in [-0.15, -0.1) is 0 Å². The minimum absolute atomic E-state index is 0.00271. The molecule has 1 aliphatic carbocycles. The minimum Gasteiger partial charge on any atom is -0.335 e. The van der Waals surface area contributed by atoms with Crippen molar-refractivity contribution in [2.45, 2.75) is 18.4 Å². The van der Waals surface area contributed by atoms with Crippen LogP contribution in [0.25, 0.3) is 5.52 Å². The molecule has 1 amide bonds. The van der Waals surface area contributed by atoms with Crippen molar-refractivity contribution in [1.82, 2.24) is 14.3 Å². The first-order chi connectivity index (χ1) is 9.16. The summed E-state index contributed by atoms with van der Waals surface area (Å²) in [6.07, 6.45) is 5.78. The molecule has 1 aliphatic heterocycles. The molecule has 0 bridgehead atoms. The number of nitrogens with zero attached hydrogens (tertiary/aromatic N) is 3. The summed E-state index contributed by atoms with van der Waals surface area (Å²) in [7, 11) is 0. The van der Waals surface area contributed by atoms with Crippen molar-refractivity contribution in [2.75, 3.05) is 13.1 Å². The molecule has 2 aliphatic rings. The number of hydrogen-bond acceptors (Lipinski definition) is 3. The van der Waals surface area contributed by atoms with Gasteiger partial charge in [0.15, 0.2) is 0 Å². The smallest absolute Gasteiger partial charge is 0.272 e. The van der Waals surface area contributed by atoms with E-state index in [1.54, 1.807) is 6.33 Å². The van der Waals surface area contributed by atoms with Crippen molar-refractivity contribution in [3.8, 4) is 0 Å². The summed E-state index contributed by atoms with van der Waals surface area (Å²) in [4.78, 5) is 18.6. The van der Waals surface area contributed by atoms with Crippen LogP contribution in [0.4, 0.5) is 0 Å². The molecule has 2 atom stereocenters. The molecular weight excluding hydrogens is 240 g/mol. The number of hydrogen-bond donors (Lipinski definition) is 1. The van der Waals surface area contributed by atoms with Gasteiger partial charge in [0.25, 0.3) is 5.91 Å². The van der Waals surface area contributed by atoms with Gasteiger partial charge in [-0.3, -0.25) is 4.79 Å². The Labute approximate surface area is 111 Å². The number of likely N-dealkylation sites (tertiary alicyclic amines) is 1. The highest BCUT2D eigenvalue weighted by molar-refractivity contribution is 5.93. The molecule has 5 nitrogen and oxygen atoms in total. The Kier molecular flexibility index (Phi) is 2.07. The number of aromatic nitrogens is 2. The van der Waals surface area contributed by atoms with Crippen LogP contribution in [0.3, 0.4) is 0 Å². The van der Waals surface area contributed by atoms with E-state index in [1.807, 2.05) is 33.7 Å². The van der Waals surface area contributed by atoms with E-state index in [0.29, 0.717) is 18.2 Å². The maximum absolute atomic E-state index is 12.5. The SMILES string of the molecule is N[C@]12CC[C@H]1CN(C(=O)c1cc3cccn3cn1)C2. The Morgan fingerprint density at radius 2 is 2.42 bits per heavy atom. The summed E-state index contributed by atoms with van der Waals surface area (Å²) in [6.45, 7) is 1.45. The topological polar surface area (TPSA) is 63.6 Å². The lowest BCUT2D eigenvalue weighted by atomic mass is 9.70. The molecular formula is C14H16N4O. The van der Waals surface area contributed by atoms with E-state index >= 15 is 0 Å². The van der Waals surface area contributed by atoms with Gasteiger partial charge < -0.3 is 15.0 Å². The molecule has 0 radical (unpaired) electrons. The Hall–Kier alpha value is -1.88. The molecule has 0 aromatic carbocycles. The minimum atomic E-state index is -0.130. The molecule has 3 heterocycles. The van der Waals surface area contributed by atoms with E-state index in [1.165, 1.54) is 0 Å². The average molecular weight is 256 g/mol. The molecule has 0 unspecified atom stereocenters. The fourth-order valence-corrected chi connectivity index (χ4v) is 3.26. The van der Waals surface area contributed by atoms with Crippen LogP contribution in [0, 0.1) is 5.92 Å². The van der Waals surface area contributed by atoms with Gasteiger partial charge in [0.1, 0.15) is 5.69 Å². The Morgan fingerprint density at radius 3 is 3.11 bits per heavy atom. The van der Waals surface area contributed by atoms with Gasteiger partial charge in [0.05, 0.1) is 6.33 Å². The molecule has 19 heavy (non-hydrogen) atoms. The predicted molar refractivity (Wildman–Crippen MR) is 70.7 cm³/mol. The Bertz CT molecular complexity index is 664. The second-order valence-corrected chi connectivity index (χ2v) is 5.77. The van der Waals surface area contributed by atoms with Crippen molar-refractivity contribution in [2.24, 2.45) is 11.7 Å². The van der Waals surface area contributed by atoms with Crippen molar-refractivity contribution >= 4 is 11.4 Å². The van der Waals surface area contributed by atoms with E-state index in [4.69, 9.17) is 5.73 Å². The van der Waals surface area contributed by atoms with E-state index in [9.17, 15) is 4.79 Å². The highest BCUT2D eigenvalue weighted by atomic mass is 16.2. The van der Waals surface area contributed by atoms with Crippen LogP contribution < -0.4 is 5.73 Å². The predicted octanol–water partition coefficient (Wildman–Crippen LogP) is 0.898. The standard InChI is InChI=1S/C14H16N4O/c15-14-4-3-10(14)7-18(8-14)13(19)12-6-11-2-1-5-17(11)9-16-12/h1-2,5-6,9-10H,3-4,7-8,15H2/t10-,14-/m0/s1. The van der Waals surface area contributed by atoms with E-state index in [2.05, 4.69) is 4.98 Å². The first kappa shape index (κ1) is 11.0. The average Bonchev–Trinajstić information content (AvgIpc) is 2.95. The quantitative estimate of drug-likeness (QED) is 0.824. The number of rotatable bonds is 1. The van der Waals surface area contributed by atoms with E-state index < -0.39 is 0 Å². The first-order valence-electron chi connectivity index (χ1n) is 6.67. The highest BCUT2D eigenvalue weighted by Crippen LogP contribution is 2.42. The van der Waals surface area contributed by atoms with Crippen LogP contribution in [0.5, 0.6) is 0 Å². The molecule has 2 aromatic rings. The number of nitrogens with two attached hydrogens (primary N) is 1. The molecule has 4 rings (SSSR count). The van der Waals surface area contributed by atoms with Gasteiger partial charge in [-0.2, -0.15) is 0 Å². The molecule has 0 spiro atoms. The van der Waals surface area contributed by atoms with Crippen molar-refractivity contribution < 1.29 is 4.79 Å². The Balaban J connectivity index is 1.63. The summed E-state index contributed by atoms with van der Waals surface area (Å²) < 4.78 is 1.90. The lowest BCUT2D eigenvalue weighted by Crippen LogP contribution is -2.54. The third kappa shape index (κ3) is 1.51. The number of fused-ring (bicyclic) bond motifs is 2. The maximum atomic E-state index is 12.5. The molecule has 1 saturated heterocycles. The zero-order valence-electron chi connectivity index (χ0n) is 10.6. The monoisotopic (exact) mass is 256 g/mol. The third-order valence-electron chi connectivity index (χ3n) is 4.62. The van der Waals surface area contributed by atoms with Crippen LogP contribution in [0.1, 0.15) is 23.3 Å². The molecule has 2 fully saturated rings. The van der Waals surface area contributed by atoms with Gasteiger partial charge in [0, 0.05) is 30.3 Å². The van der Waals surface area contributed by atoms with Gasteiger partial charge in [0.2, 0.25) is 0 Å². The van der Waals surface area contributed by atoms with Crippen LogP contribution in [-0.4, -0.2) is 38.8 Å². The lowest BCUT2D eigenvalue weighted by Gasteiger charge is -2.39. The molecule has 98 valence electrons. The molecule has 2 N–H and O–H groups in total. The number of amides is 1. The third-order valence-corrected chi connectivity index (χ3v) is 4.62. The molecule has 5 heteroatoms. The summed E-state index contributed by atoms with van der Waals surface area (Å²) in [5.41, 5.74) is 7.64. The van der Waals surface area contributed by atoms with Gasteiger partial charge in [-0.25, -0.2) is 4.98 Å². The zero-order chi connectivity index (χ0) is 13.0. The first-order valence-corrected chi connectivity index (χ1v) is 6.67. The normalized spacial score (nSPS) is 29.3. The number of carbonyl (C=O) groups is 1. The largest absolute Gasteiger partial charge is 0.335 e. The second kappa shape index (κ2) is 3.57. The highest BCUT2D eigenvalue weighted by Gasteiger charge is 2.51. The van der Waals surface area contributed by atoms with Gasteiger partial charge >= 0.3 is 0 Å². The van der Waals surface area contributed by atoms with Crippen LogP contribution >= 0.6 is 0 Å².